The van der Waals surface area contributed by atoms with Crippen LogP contribution >= 0.6 is 0 Å². The molecule has 0 bridgehead atoms. The van der Waals surface area contributed by atoms with Gasteiger partial charge in [-0.1, -0.05) is 42.5 Å². The Kier molecular flexibility index (Phi) is 6.71. The predicted octanol–water partition coefficient (Wildman–Crippen LogP) is 3.96. The third-order valence-electron chi connectivity index (χ3n) is 5.95. The van der Waals surface area contributed by atoms with Crippen LogP contribution in [0.3, 0.4) is 0 Å². The van der Waals surface area contributed by atoms with Gasteiger partial charge in [-0.3, -0.25) is 4.79 Å². The number of rotatable bonds is 7. The molecular weight excluding hydrogens is 404 g/mol. The number of hydrogen-bond donors (Lipinski definition) is 1. The average molecular weight is 433 g/mol. The summed E-state index contributed by atoms with van der Waals surface area (Å²) in [7, 11) is 1.34. The minimum Gasteiger partial charge on any atom is -0.484 e. The normalized spacial score (nSPS) is 16.7. The third-order valence-corrected chi connectivity index (χ3v) is 5.95. The second-order valence-electron chi connectivity index (χ2n) is 8.09. The highest BCUT2D eigenvalue weighted by atomic mass is 16.5. The summed E-state index contributed by atoms with van der Waals surface area (Å²) in [5, 5.41) is 6.18. The Morgan fingerprint density at radius 1 is 1.06 bits per heavy atom. The van der Waals surface area contributed by atoms with E-state index in [0.29, 0.717) is 24.4 Å². The third kappa shape index (κ3) is 4.92. The van der Waals surface area contributed by atoms with Crippen molar-refractivity contribution in [3.05, 3.63) is 77.9 Å². The number of nitrogens with one attached hydrogen (secondary N) is 1. The van der Waals surface area contributed by atoms with Gasteiger partial charge in [0.1, 0.15) is 5.75 Å². The highest BCUT2D eigenvalue weighted by Crippen LogP contribution is 2.25. The van der Waals surface area contributed by atoms with Crippen LogP contribution in [0.4, 0.5) is 0 Å². The van der Waals surface area contributed by atoms with Crippen molar-refractivity contribution in [3.8, 4) is 5.75 Å². The van der Waals surface area contributed by atoms with Crippen molar-refractivity contribution in [3.63, 3.8) is 0 Å². The topological polar surface area (TPSA) is 67.9 Å². The number of carbonyl (C=O) groups excluding carboxylic acids is 2. The Labute approximate surface area is 188 Å². The van der Waals surface area contributed by atoms with Crippen molar-refractivity contribution in [2.75, 3.05) is 26.8 Å². The van der Waals surface area contributed by atoms with Crippen LogP contribution in [0.1, 0.15) is 35.3 Å². The van der Waals surface area contributed by atoms with Crippen molar-refractivity contribution in [1.29, 1.82) is 0 Å². The fourth-order valence-corrected chi connectivity index (χ4v) is 4.24. The molecule has 1 aliphatic heterocycles. The van der Waals surface area contributed by atoms with Gasteiger partial charge in [-0.05, 0) is 53.9 Å². The van der Waals surface area contributed by atoms with E-state index >= 15 is 0 Å². The van der Waals surface area contributed by atoms with Crippen LogP contribution in [0.15, 0.2) is 66.7 Å². The van der Waals surface area contributed by atoms with Gasteiger partial charge in [0, 0.05) is 25.2 Å². The van der Waals surface area contributed by atoms with E-state index in [-0.39, 0.29) is 24.6 Å². The number of hydrogen-bond acceptors (Lipinski definition) is 5. The number of amides is 1. The van der Waals surface area contributed by atoms with Crippen LogP contribution in [0, 0.1) is 0 Å². The molecule has 1 fully saturated rings. The molecule has 1 N–H and O–H groups in total. The SMILES string of the molecule is COC(=O)c1ccc(OCC(=O)N2CC[C@H](N[C@H](C)c3cccc4ccccc34)C2)cc1. The van der Waals surface area contributed by atoms with Gasteiger partial charge in [0.25, 0.3) is 5.91 Å². The van der Waals surface area contributed by atoms with Crippen LogP contribution in [0.25, 0.3) is 10.8 Å². The highest BCUT2D eigenvalue weighted by Gasteiger charge is 2.27. The Balaban J connectivity index is 1.29. The lowest BCUT2D eigenvalue weighted by Crippen LogP contribution is -2.38. The lowest BCUT2D eigenvalue weighted by Gasteiger charge is -2.22. The van der Waals surface area contributed by atoms with E-state index in [2.05, 4.69) is 59.4 Å². The molecule has 32 heavy (non-hydrogen) atoms. The molecular formula is C26H28N2O4. The lowest BCUT2D eigenvalue weighted by atomic mass is 9.99. The van der Waals surface area contributed by atoms with Crippen molar-refractivity contribution < 1.29 is 19.1 Å². The van der Waals surface area contributed by atoms with Crippen LogP contribution in [0.2, 0.25) is 0 Å². The summed E-state index contributed by atoms with van der Waals surface area (Å²) in [6, 6.07) is 21.8. The first-order chi connectivity index (χ1) is 15.5. The van der Waals surface area contributed by atoms with Gasteiger partial charge in [0.2, 0.25) is 0 Å². The smallest absolute Gasteiger partial charge is 0.337 e. The van der Waals surface area contributed by atoms with Gasteiger partial charge in [0.05, 0.1) is 12.7 Å². The van der Waals surface area contributed by atoms with E-state index in [1.165, 1.54) is 23.4 Å². The number of nitrogens with zero attached hydrogens (tertiary/aromatic N) is 1. The Hall–Kier alpha value is -3.38. The minimum atomic E-state index is -0.402. The molecule has 4 rings (SSSR count). The Bertz CT molecular complexity index is 1090. The summed E-state index contributed by atoms with van der Waals surface area (Å²) in [6.07, 6.45) is 0.911. The number of fused-ring (bicyclic) bond motifs is 1. The fourth-order valence-electron chi connectivity index (χ4n) is 4.24. The van der Waals surface area contributed by atoms with Crippen molar-refractivity contribution in [2.24, 2.45) is 0 Å². The van der Waals surface area contributed by atoms with Gasteiger partial charge in [-0.15, -0.1) is 0 Å². The van der Waals surface area contributed by atoms with Crippen molar-refractivity contribution in [1.82, 2.24) is 10.2 Å². The van der Waals surface area contributed by atoms with Gasteiger partial charge in [-0.2, -0.15) is 0 Å². The molecule has 6 nitrogen and oxygen atoms in total. The number of benzene rings is 3. The second-order valence-corrected chi connectivity index (χ2v) is 8.09. The zero-order valence-corrected chi connectivity index (χ0v) is 18.4. The van der Waals surface area contributed by atoms with Crippen LogP contribution in [0.5, 0.6) is 5.75 Å². The first-order valence-corrected chi connectivity index (χ1v) is 10.9. The number of esters is 1. The van der Waals surface area contributed by atoms with Gasteiger partial charge in [0.15, 0.2) is 6.61 Å². The Morgan fingerprint density at radius 2 is 1.81 bits per heavy atom. The molecule has 1 heterocycles. The molecule has 1 saturated heterocycles. The number of ether oxygens (including phenoxy) is 2. The molecule has 6 heteroatoms. The maximum Gasteiger partial charge on any atom is 0.337 e. The average Bonchev–Trinajstić information content (AvgIpc) is 3.30. The van der Waals surface area contributed by atoms with Crippen molar-refractivity contribution >= 4 is 22.6 Å². The standard InChI is InChI=1S/C26H28N2O4/c1-18(23-9-5-7-19-6-3-4-8-24(19)23)27-21-14-15-28(16-21)25(29)17-32-22-12-10-20(11-13-22)26(30)31-2/h3-13,18,21,27H,14-17H2,1-2H3/t18-,21+/m1/s1. The fraction of sp³-hybridized carbons (Fsp3) is 0.308. The molecule has 0 radical (unpaired) electrons. The summed E-state index contributed by atoms with van der Waals surface area (Å²) < 4.78 is 10.3. The number of likely N-dealkylation sites (tertiary alicyclic amines) is 1. The molecule has 166 valence electrons. The summed E-state index contributed by atoms with van der Waals surface area (Å²) in [6.45, 7) is 3.53. The Morgan fingerprint density at radius 3 is 2.59 bits per heavy atom. The van der Waals surface area contributed by atoms with Gasteiger partial charge >= 0.3 is 5.97 Å². The van der Waals surface area contributed by atoms with Gasteiger partial charge in [-0.25, -0.2) is 4.79 Å². The zero-order valence-electron chi connectivity index (χ0n) is 18.4. The van der Waals surface area contributed by atoms with Crippen LogP contribution in [-0.2, 0) is 9.53 Å². The van der Waals surface area contributed by atoms with E-state index in [1.807, 2.05) is 4.90 Å². The molecule has 0 unspecified atom stereocenters. The molecule has 0 aliphatic carbocycles. The summed E-state index contributed by atoms with van der Waals surface area (Å²) >= 11 is 0. The maximum atomic E-state index is 12.6. The molecule has 0 spiro atoms. The quantitative estimate of drug-likeness (QED) is 0.573. The first kappa shape index (κ1) is 21.8. The number of methoxy groups -OCH3 is 1. The number of carbonyl (C=O) groups is 2. The van der Waals surface area contributed by atoms with E-state index < -0.39 is 5.97 Å². The molecule has 1 amide bonds. The van der Waals surface area contributed by atoms with Crippen LogP contribution in [-0.4, -0.2) is 49.6 Å². The second kappa shape index (κ2) is 9.83. The summed E-state index contributed by atoms with van der Waals surface area (Å²) in [4.78, 5) is 26.0. The molecule has 3 aromatic carbocycles. The minimum absolute atomic E-state index is 0.0246. The molecule has 0 aromatic heterocycles. The molecule has 2 atom stereocenters. The first-order valence-electron chi connectivity index (χ1n) is 10.9. The van der Waals surface area contributed by atoms with E-state index in [0.717, 1.165) is 6.42 Å². The van der Waals surface area contributed by atoms with Crippen molar-refractivity contribution in [2.45, 2.75) is 25.4 Å². The van der Waals surface area contributed by atoms with E-state index in [9.17, 15) is 9.59 Å². The molecule has 0 saturated carbocycles. The zero-order chi connectivity index (χ0) is 22.5. The summed E-state index contributed by atoms with van der Waals surface area (Å²) in [5.41, 5.74) is 1.71. The van der Waals surface area contributed by atoms with E-state index in [4.69, 9.17) is 4.74 Å². The largest absolute Gasteiger partial charge is 0.484 e. The predicted molar refractivity (Wildman–Crippen MR) is 124 cm³/mol. The maximum absolute atomic E-state index is 12.6. The summed E-state index contributed by atoms with van der Waals surface area (Å²) in [5.74, 6) is 0.106. The molecule has 1 aliphatic rings. The van der Waals surface area contributed by atoms with Gasteiger partial charge < -0.3 is 19.7 Å². The monoisotopic (exact) mass is 432 g/mol. The van der Waals surface area contributed by atoms with Crippen LogP contribution < -0.4 is 10.1 Å². The van der Waals surface area contributed by atoms with E-state index in [1.54, 1.807) is 24.3 Å². The highest BCUT2D eigenvalue weighted by molar-refractivity contribution is 5.89. The lowest BCUT2D eigenvalue weighted by molar-refractivity contribution is -0.132. The molecule has 3 aromatic rings.